The highest BCUT2D eigenvalue weighted by molar-refractivity contribution is 6.06. The molecule has 148 valence electrons. The number of piperidine rings is 1. The number of carbonyl (C=O) groups is 3. The van der Waals surface area contributed by atoms with Crippen molar-refractivity contribution in [1.82, 2.24) is 24.7 Å². The number of amides is 4. The van der Waals surface area contributed by atoms with Gasteiger partial charge in [-0.3, -0.25) is 14.5 Å². The number of aromatic nitrogens is 2. The van der Waals surface area contributed by atoms with Crippen LogP contribution >= 0.6 is 0 Å². The maximum Gasteiger partial charge on any atom is 0.324 e. The quantitative estimate of drug-likeness (QED) is 0.818. The van der Waals surface area contributed by atoms with Gasteiger partial charge < -0.3 is 14.8 Å². The van der Waals surface area contributed by atoms with Crippen molar-refractivity contribution in [1.29, 1.82) is 0 Å². The Hall–Kier alpha value is -2.90. The number of likely N-dealkylation sites (N-methyl/N-ethyl adjacent to an activating group) is 1. The molecule has 28 heavy (non-hydrogen) atoms. The maximum atomic E-state index is 13.2. The highest BCUT2D eigenvalue weighted by Gasteiger charge is 2.51. The number of urea groups is 1. The molecule has 0 saturated carbocycles. The first-order chi connectivity index (χ1) is 13.4. The lowest BCUT2D eigenvalue weighted by Gasteiger charge is -2.38. The Labute approximate surface area is 163 Å². The van der Waals surface area contributed by atoms with E-state index in [0.717, 1.165) is 28.2 Å². The van der Waals surface area contributed by atoms with Crippen molar-refractivity contribution in [2.75, 3.05) is 20.1 Å². The number of nitrogens with one attached hydrogen (secondary N) is 1. The van der Waals surface area contributed by atoms with Crippen molar-refractivity contribution < 1.29 is 14.4 Å². The first-order valence-electron chi connectivity index (χ1n) is 9.73. The lowest BCUT2D eigenvalue weighted by molar-refractivity contribution is -0.139. The third-order valence-corrected chi connectivity index (χ3v) is 6.02. The summed E-state index contributed by atoms with van der Waals surface area (Å²) in [6.45, 7) is 4.81. The highest BCUT2D eigenvalue weighted by atomic mass is 16.2. The molecule has 0 aliphatic carbocycles. The van der Waals surface area contributed by atoms with Gasteiger partial charge in [-0.25, -0.2) is 9.78 Å². The van der Waals surface area contributed by atoms with Gasteiger partial charge in [-0.2, -0.15) is 0 Å². The smallest absolute Gasteiger partial charge is 0.324 e. The van der Waals surface area contributed by atoms with Crippen molar-refractivity contribution in [3.63, 3.8) is 0 Å². The lowest BCUT2D eigenvalue weighted by atomic mass is 9.87. The summed E-state index contributed by atoms with van der Waals surface area (Å²) in [4.78, 5) is 45.1. The summed E-state index contributed by atoms with van der Waals surface area (Å²) in [5.41, 5.74) is 0.981. The minimum absolute atomic E-state index is 0.0119. The van der Waals surface area contributed by atoms with E-state index in [1.807, 2.05) is 42.7 Å². The number of hydrogen-bond donors (Lipinski definition) is 1. The molecule has 2 saturated heterocycles. The van der Waals surface area contributed by atoms with E-state index in [0.29, 0.717) is 25.9 Å². The van der Waals surface area contributed by atoms with Gasteiger partial charge in [0.15, 0.2) is 0 Å². The first kappa shape index (κ1) is 18.5. The number of fused-ring (bicyclic) bond motifs is 1. The highest BCUT2D eigenvalue weighted by Crippen LogP contribution is 2.30. The van der Waals surface area contributed by atoms with Gasteiger partial charge in [0.25, 0.3) is 5.91 Å². The number of benzene rings is 1. The molecule has 4 amide bonds. The van der Waals surface area contributed by atoms with Gasteiger partial charge in [0.05, 0.1) is 11.0 Å². The van der Waals surface area contributed by atoms with E-state index in [1.165, 1.54) is 7.05 Å². The van der Waals surface area contributed by atoms with E-state index in [9.17, 15) is 14.4 Å². The number of nitrogens with zero attached hydrogens (tertiary/aromatic N) is 4. The number of likely N-dealkylation sites (tertiary alicyclic amines) is 1. The predicted molar refractivity (Wildman–Crippen MR) is 104 cm³/mol. The largest absolute Gasteiger partial charge is 0.341 e. The monoisotopic (exact) mass is 383 g/mol. The van der Waals surface area contributed by atoms with Crippen LogP contribution in [0.2, 0.25) is 0 Å². The second kappa shape index (κ2) is 6.61. The number of rotatable bonds is 3. The normalized spacial score (nSPS) is 20.1. The van der Waals surface area contributed by atoms with E-state index in [-0.39, 0.29) is 23.9 Å². The van der Waals surface area contributed by atoms with Crippen molar-refractivity contribution in [3.8, 4) is 0 Å². The molecule has 1 spiro atoms. The zero-order valence-electron chi connectivity index (χ0n) is 16.4. The SMILES string of the molecule is CCc1nc2ccccc2n1[C@H](C)C(=O)N1CCC2(CC1)NC(=O)N(C)C2=O. The number of imidazole rings is 1. The Morgan fingerprint density at radius 2 is 1.93 bits per heavy atom. The van der Waals surface area contributed by atoms with E-state index in [1.54, 1.807) is 4.90 Å². The Morgan fingerprint density at radius 1 is 1.25 bits per heavy atom. The molecule has 0 bridgehead atoms. The van der Waals surface area contributed by atoms with Crippen LogP contribution in [0.15, 0.2) is 24.3 Å². The molecule has 1 N–H and O–H groups in total. The van der Waals surface area contributed by atoms with Crippen LogP contribution in [0.4, 0.5) is 4.79 Å². The van der Waals surface area contributed by atoms with Crippen LogP contribution in [-0.2, 0) is 16.0 Å². The van der Waals surface area contributed by atoms with Gasteiger partial charge in [-0.1, -0.05) is 19.1 Å². The summed E-state index contributed by atoms with van der Waals surface area (Å²) in [5, 5.41) is 2.81. The summed E-state index contributed by atoms with van der Waals surface area (Å²) in [6.07, 6.45) is 1.61. The topological polar surface area (TPSA) is 87.5 Å². The van der Waals surface area contributed by atoms with Crippen molar-refractivity contribution in [2.45, 2.75) is 44.7 Å². The molecule has 1 aromatic carbocycles. The standard InChI is InChI=1S/C20H25N5O3/c1-4-16-21-14-7-5-6-8-15(14)25(16)13(2)17(26)24-11-9-20(10-12-24)18(27)23(3)19(28)22-20/h5-8,13H,4,9-12H2,1-3H3,(H,22,28)/t13-/m1/s1. The fourth-order valence-corrected chi connectivity index (χ4v) is 4.35. The van der Waals surface area contributed by atoms with Gasteiger partial charge in [0.1, 0.15) is 17.4 Å². The van der Waals surface area contributed by atoms with Gasteiger partial charge in [0, 0.05) is 26.6 Å². The number of carbonyl (C=O) groups excluding carboxylic acids is 3. The Morgan fingerprint density at radius 3 is 2.54 bits per heavy atom. The van der Waals surface area contributed by atoms with Crippen LogP contribution in [0.25, 0.3) is 11.0 Å². The predicted octanol–water partition coefficient (Wildman–Crippen LogP) is 1.70. The van der Waals surface area contributed by atoms with Gasteiger partial charge in [-0.05, 0) is 31.9 Å². The molecule has 1 aromatic heterocycles. The molecule has 0 radical (unpaired) electrons. The Bertz CT molecular complexity index is 958. The first-order valence-corrected chi connectivity index (χ1v) is 9.73. The second-order valence-electron chi connectivity index (χ2n) is 7.62. The summed E-state index contributed by atoms with van der Waals surface area (Å²) >= 11 is 0. The van der Waals surface area contributed by atoms with Crippen LogP contribution in [0, 0.1) is 0 Å². The molecule has 2 fully saturated rings. The molecule has 4 rings (SSSR count). The zero-order chi connectivity index (χ0) is 20.1. The maximum absolute atomic E-state index is 13.2. The minimum Gasteiger partial charge on any atom is -0.341 e. The van der Waals surface area contributed by atoms with E-state index >= 15 is 0 Å². The average Bonchev–Trinajstić information content (AvgIpc) is 3.19. The molecule has 3 heterocycles. The number of hydrogen-bond acceptors (Lipinski definition) is 4. The van der Waals surface area contributed by atoms with E-state index in [2.05, 4.69) is 10.3 Å². The summed E-state index contributed by atoms with van der Waals surface area (Å²) in [5.74, 6) is 0.694. The van der Waals surface area contributed by atoms with Gasteiger partial charge in [-0.15, -0.1) is 0 Å². The van der Waals surface area contributed by atoms with E-state index < -0.39 is 5.54 Å². The van der Waals surface area contributed by atoms with Crippen LogP contribution in [0.3, 0.4) is 0 Å². The van der Waals surface area contributed by atoms with Crippen molar-refractivity contribution >= 4 is 28.9 Å². The van der Waals surface area contributed by atoms with Crippen molar-refractivity contribution in [3.05, 3.63) is 30.1 Å². The fraction of sp³-hybridized carbons (Fsp3) is 0.500. The summed E-state index contributed by atoms with van der Waals surface area (Å²) in [7, 11) is 1.49. The molecule has 0 unspecified atom stereocenters. The van der Waals surface area contributed by atoms with E-state index in [4.69, 9.17) is 0 Å². The molecule has 2 aliphatic heterocycles. The van der Waals surface area contributed by atoms with Gasteiger partial charge >= 0.3 is 6.03 Å². The zero-order valence-corrected chi connectivity index (χ0v) is 16.4. The summed E-state index contributed by atoms with van der Waals surface area (Å²) < 4.78 is 2.01. The average molecular weight is 383 g/mol. The van der Waals surface area contributed by atoms with Crippen LogP contribution in [0.5, 0.6) is 0 Å². The number of para-hydroxylation sites is 2. The van der Waals surface area contributed by atoms with Crippen LogP contribution in [0.1, 0.15) is 38.6 Å². The van der Waals surface area contributed by atoms with Gasteiger partial charge in [0.2, 0.25) is 5.91 Å². The van der Waals surface area contributed by atoms with Crippen LogP contribution in [-0.4, -0.2) is 62.9 Å². The van der Waals surface area contributed by atoms with Crippen molar-refractivity contribution in [2.24, 2.45) is 0 Å². The Balaban J connectivity index is 1.54. The number of aryl methyl sites for hydroxylation is 1. The third-order valence-electron chi connectivity index (χ3n) is 6.02. The molecule has 2 aromatic rings. The molecule has 2 aliphatic rings. The van der Waals surface area contributed by atoms with Crippen LogP contribution < -0.4 is 5.32 Å². The lowest BCUT2D eigenvalue weighted by Crippen LogP contribution is -2.56. The second-order valence-corrected chi connectivity index (χ2v) is 7.62. The third kappa shape index (κ3) is 2.66. The fourth-order valence-electron chi connectivity index (χ4n) is 4.35. The molecular formula is C20H25N5O3. The summed E-state index contributed by atoms with van der Waals surface area (Å²) in [6, 6.07) is 7.09. The molecule has 1 atom stereocenters. The Kier molecular flexibility index (Phi) is 4.36. The molecule has 8 nitrogen and oxygen atoms in total. The minimum atomic E-state index is -0.859. The number of imide groups is 1. The molecular weight excluding hydrogens is 358 g/mol. The molecule has 8 heteroatoms.